The SMILES string of the molecule is CCOC(=O)CN1C(=S)N[C@@H](c2ccccn2)[C@H]1c1ccc(-c2ccc(F)cc2Br)o1. The van der Waals surface area contributed by atoms with Crippen LogP contribution in [0, 0.1) is 5.82 Å². The van der Waals surface area contributed by atoms with Crippen molar-refractivity contribution >= 4 is 39.2 Å². The Hall–Kier alpha value is -2.78. The maximum atomic E-state index is 13.5. The Morgan fingerprint density at radius 1 is 1.32 bits per heavy atom. The third-order valence-electron chi connectivity index (χ3n) is 4.92. The Labute approximate surface area is 192 Å². The lowest BCUT2D eigenvalue weighted by molar-refractivity contribution is -0.143. The van der Waals surface area contributed by atoms with Crippen molar-refractivity contribution in [2.75, 3.05) is 13.2 Å². The first kappa shape index (κ1) is 21.5. The van der Waals surface area contributed by atoms with Crippen LogP contribution in [0.4, 0.5) is 4.39 Å². The van der Waals surface area contributed by atoms with E-state index in [2.05, 4.69) is 26.2 Å². The van der Waals surface area contributed by atoms with Gasteiger partial charge in [-0.05, 0) is 77.5 Å². The monoisotopic (exact) mass is 503 g/mol. The lowest BCUT2D eigenvalue weighted by Crippen LogP contribution is -2.35. The second kappa shape index (κ2) is 9.15. The minimum atomic E-state index is -0.417. The van der Waals surface area contributed by atoms with Gasteiger partial charge in [0, 0.05) is 16.2 Å². The lowest BCUT2D eigenvalue weighted by atomic mass is 10.0. The Morgan fingerprint density at radius 2 is 2.16 bits per heavy atom. The average Bonchev–Trinajstić information content (AvgIpc) is 3.34. The van der Waals surface area contributed by atoms with Gasteiger partial charge in [0.25, 0.3) is 0 Å². The van der Waals surface area contributed by atoms with Crippen LogP contribution in [0.3, 0.4) is 0 Å². The van der Waals surface area contributed by atoms with E-state index in [1.165, 1.54) is 12.1 Å². The van der Waals surface area contributed by atoms with Crippen LogP contribution in [0.1, 0.15) is 30.5 Å². The Balaban J connectivity index is 1.72. The van der Waals surface area contributed by atoms with E-state index in [1.54, 1.807) is 24.1 Å². The topological polar surface area (TPSA) is 67.6 Å². The standard InChI is InChI=1S/C22H19BrFN3O3S/c1-2-29-19(28)12-27-21(20(26-22(27)31)16-5-3-4-10-25-16)18-9-8-17(30-18)14-7-6-13(24)11-15(14)23/h3-11,20-21H,2,12H2,1H3,(H,26,31)/t20-,21+/m0/s1. The van der Waals surface area contributed by atoms with E-state index in [-0.39, 0.29) is 31.0 Å². The van der Waals surface area contributed by atoms with Gasteiger partial charge in [-0.15, -0.1) is 0 Å². The number of aromatic nitrogens is 1. The number of hydrogen-bond acceptors (Lipinski definition) is 5. The van der Waals surface area contributed by atoms with Gasteiger partial charge in [-0.2, -0.15) is 0 Å². The van der Waals surface area contributed by atoms with Gasteiger partial charge in [0.2, 0.25) is 0 Å². The highest BCUT2D eigenvalue weighted by Gasteiger charge is 2.42. The molecule has 0 spiro atoms. The highest BCUT2D eigenvalue weighted by Crippen LogP contribution is 2.41. The second-order valence-corrected chi connectivity index (χ2v) is 8.13. The summed E-state index contributed by atoms with van der Waals surface area (Å²) >= 11 is 8.90. The van der Waals surface area contributed by atoms with Crippen LogP contribution in [0.5, 0.6) is 0 Å². The molecule has 1 aliphatic heterocycles. The van der Waals surface area contributed by atoms with Crippen molar-refractivity contribution in [2.24, 2.45) is 0 Å². The Bertz CT molecular complexity index is 1110. The van der Waals surface area contributed by atoms with Crippen molar-refractivity contribution in [1.82, 2.24) is 15.2 Å². The summed E-state index contributed by atoms with van der Waals surface area (Å²) in [7, 11) is 0. The molecule has 2 aromatic heterocycles. The van der Waals surface area contributed by atoms with E-state index in [4.69, 9.17) is 21.4 Å². The highest BCUT2D eigenvalue weighted by molar-refractivity contribution is 9.10. The molecule has 0 unspecified atom stereocenters. The Morgan fingerprint density at radius 3 is 2.87 bits per heavy atom. The number of carbonyl (C=O) groups is 1. The zero-order valence-electron chi connectivity index (χ0n) is 16.5. The van der Waals surface area contributed by atoms with Gasteiger partial charge in [0.1, 0.15) is 29.9 Å². The molecule has 1 aromatic carbocycles. The summed E-state index contributed by atoms with van der Waals surface area (Å²) in [6.07, 6.45) is 1.70. The van der Waals surface area contributed by atoms with E-state index in [1.807, 2.05) is 30.3 Å². The summed E-state index contributed by atoms with van der Waals surface area (Å²) < 4.78 is 25.4. The van der Waals surface area contributed by atoms with Crippen molar-refractivity contribution < 1.29 is 18.3 Å². The van der Waals surface area contributed by atoms with Gasteiger partial charge in [-0.1, -0.05) is 6.07 Å². The normalized spacial score (nSPS) is 18.2. The predicted molar refractivity (Wildman–Crippen MR) is 121 cm³/mol. The van der Waals surface area contributed by atoms with Crippen LogP contribution < -0.4 is 5.32 Å². The minimum Gasteiger partial charge on any atom is -0.465 e. The number of thiocarbonyl (C=S) groups is 1. The number of nitrogens with zero attached hydrogens (tertiary/aromatic N) is 2. The van der Waals surface area contributed by atoms with Crippen molar-refractivity contribution in [3.05, 3.63) is 76.5 Å². The first-order valence-electron chi connectivity index (χ1n) is 9.66. The van der Waals surface area contributed by atoms with Crippen LogP contribution in [-0.2, 0) is 9.53 Å². The molecular formula is C22H19BrFN3O3S. The number of halogens is 2. The van der Waals surface area contributed by atoms with Crippen LogP contribution in [0.25, 0.3) is 11.3 Å². The first-order valence-corrected chi connectivity index (χ1v) is 10.9. The van der Waals surface area contributed by atoms with E-state index < -0.39 is 6.04 Å². The van der Waals surface area contributed by atoms with Crippen LogP contribution >= 0.6 is 28.1 Å². The molecular weight excluding hydrogens is 485 g/mol. The zero-order chi connectivity index (χ0) is 22.0. The fourth-order valence-corrected chi connectivity index (χ4v) is 4.43. The average molecular weight is 504 g/mol. The molecule has 6 nitrogen and oxygen atoms in total. The fraction of sp³-hybridized carbons (Fsp3) is 0.227. The minimum absolute atomic E-state index is 0.0239. The quantitative estimate of drug-likeness (QED) is 0.383. The highest BCUT2D eigenvalue weighted by atomic mass is 79.9. The lowest BCUT2D eigenvalue weighted by Gasteiger charge is -2.25. The second-order valence-electron chi connectivity index (χ2n) is 6.89. The number of furan rings is 1. The zero-order valence-corrected chi connectivity index (χ0v) is 19.0. The molecule has 9 heteroatoms. The Kier molecular flexibility index (Phi) is 6.33. The summed E-state index contributed by atoms with van der Waals surface area (Å²) in [6, 6.07) is 12.9. The summed E-state index contributed by atoms with van der Waals surface area (Å²) in [5.74, 6) is 0.434. The van der Waals surface area contributed by atoms with Crippen molar-refractivity contribution in [1.29, 1.82) is 0 Å². The summed E-state index contributed by atoms with van der Waals surface area (Å²) in [5.41, 5.74) is 1.48. The van der Waals surface area contributed by atoms with E-state index in [9.17, 15) is 9.18 Å². The van der Waals surface area contributed by atoms with Crippen molar-refractivity contribution in [3.63, 3.8) is 0 Å². The molecule has 3 heterocycles. The van der Waals surface area contributed by atoms with Gasteiger partial charge in [0.15, 0.2) is 5.11 Å². The molecule has 0 aliphatic carbocycles. The first-order chi connectivity index (χ1) is 15.0. The molecule has 2 atom stereocenters. The summed E-state index contributed by atoms with van der Waals surface area (Å²) in [6.45, 7) is 2.01. The number of esters is 1. The van der Waals surface area contributed by atoms with E-state index in [0.29, 0.717) is 26.7 Å². The number of hydrogen-bond donors (Lipinski definition) is 1. The van der Waals surface area contributed by atoms with Crippen molar-refractivity contribution in [2.45, 2.75) is 19.0 Å². The third-order valence-corrected chi connectivity index (χ3v) is 5.93. The molecule has 160 valence electrons. The number of benzene rings is 1. The van der Waals surface area contributed by atoms with Gasteiger partial charge >= 0.3 is 5.97 Å². The molecule has 0 bridgehead atoms. The number of carbonyl (C=O) groups excluding carboxylic acids is 1. The molecule has 1 N–H and O–H groups in total. The van der Waals surface area contributed by atoms with Crippen LogP contribution in [0.2, 0.25) is 0 Å². The molecule has 0 radical (unpaired) electrons. The van der Waals surface area contributed by atoms with Crippen LogP contribution in [0.15, 0.2) is 63.6 Å². The third kappa shape index (κ3) is 4.47. The maximum absolute atomic E-state index is 13.5. The van der Waals surface area contributed by atoms with Gasteiger partial charge in [0.05, 0.1) is 18.3 Å². The number of rotatable bonds is 6. The molecule has 0 saturated carbocycles. The molecule has 31 heavy (non-hydrogen) atoms. The summed E-state index contributed by atoms with van der Waals surface area (Å²) in [5, 5.41) is 3.66. The molecule has 1 aliphatic rings. The molecule has 4 rings (SSSR count). The molecule has 1 saturated heterocycles. The van der Waals surface area contributed by atoms with Gasteiger partial charge in [-0.3, -0.25) is 9.78 Å². The van der Waals surface area contributed by atoms with E-state index in [0.717, 1.165) is 5.69 Å². The maximum Gasteiger partial charge on any atom is 0.325 e. The largest absolute Gasteiger partial charge is 0.465 e. The predicted octanol–water partition coefficient (Wildman–Crippen LogP) is 4.78. The fourth-order valence-electron chi connectivity index (χ4n) is 3.58. The van der Waals surface area contributed by atoms with E-state index >= 15 is 0 Å². The smallest absolute Gasteiger partial charge is 0.325 e. The molecule has 1 fully saturated rings. The number of nitrogens with one attached hydrogen (secondary N) is 1. The van der Waals surface area contributed by atoms with Crippen LogP contribution in [-0.4, -0.2) is 34.1 Å². The van der Waals surface area contributed by atoms with Crippen molar-refractivity contribution in [3.8, 4) is 11.3 Å². The van der Waals surface area contributed by atoms with Gasteiger partial charge < -0.3 is 19.4 Å². The summed E-state index contributed by atoms with van der Waals surface area (Å²) in [4.78, 5) is 18.4. The number of ether oxygens (including phenoxy) is 1. The molecule has 3 aromatic rings. The molecule has 0 amide bonds. The number of pyridine rings is 1. The van der Waals surface area contributed by atoms with Gasteiger partial charge in [-0.25, -0.2) is 4.39 Å².